The van der Waals surface area contributed by atoms with Crippen LogP contribution in [0.4, 0.5) is 5.82 Å². The number of pyridine rings is 1. The number of hydrogen-bond acceptors (Lipinski definition) is 3. The lowest BCUT2D eigenvalue weighted by Gasteiger charge is -2.27. The monoisotopic (exact) mass is 206 g/mol. The number of aliphatic hydroxyl groups excluding tert-OH is 1. The Bertz CT molecular complexity index is 321. The standard InChI is InChI=1S/C12H18N2O/c13-12-10(7-4-8-14-12)11(15)9-5-2-1-3-6-9/h4,7-9,11,15H,1-3,5-6H2,(H2,13,14). The van der Waals surface area contributed by atoms with Crippen molar-refractivity contribution in [3.8, 4) is 0 Å². The zero-order valence-corrected chi connectivity index (χ0v) is 8.89. The van der Waals surface area contributed by atoms with Crippen LogP contribution in [0.1, 0.15) is 43.8 Å². The van der Waals surface area contributed by atoms with E-state index in [9.17, 15) is 5.11 Å². The normalized spacial score (nSPS) is 20.1. The quantitative estimate of drug-likeness (QED) is 0.780. The largest absolute Gasteiger partial charge is 0.388 e. The lowest BCUT2D eigenvalue weighted by Crippen LogP contribution is -2.17. The van der Waals surface area contributed by atoms with Gasteiger partial charge in [-0.3, -0.25) is 0 Å². The lowest BCUT2D eigenvalue weighted by molar-refractivity contribution is 0.0852. The van der Waals surface area contributed by atoms with Gasteiger partial charge in [-0.2, -0.15) is 0 Å². The molecular formula is C12H18N2O. The summed E-state index contributed by atoms with van der Waals surface area (Å²) < 4.78 is 0. The summed E-state index contributed by atoms with van der Waals surface area (Å²) in [6, 6.07) is 3.71. The van der Waals surface area contributed by atoms with Gasteiger partial charge in [0.05, 0.1) is 6.10 Å². The van der Waals surface area contributed by atoms with Gasteiger partial charge in [0, 0.05) is 11.8 Å². The predicted molar refractivity (Wildman–Crippen MR) is 60.2 cm³/mol. The van der Waals surface area contributed by atoms with Crippen LogP contribution in [-0.2, 0) is 0 Å². The summed E-state index contributed by atoms with van der Waals surface area (Å²) in [7, 11) is 0. The topological polar surface area (TPSA) is 59.1 Å². The molecule has 3 heteroatoms. The number of nitrogens with two attached hydrogens (primary N) is 1. The van der Waals surface area contributed by atoms with Gasteiger partial charge in [-0.15, -0.1) is 0 Å². The van der Waals surface area contributed by atoms with Gasteiger partial charge in [-0.1, -0.05) is 25.3 Å². The number of nitrogens with zero attached hydrogens (tertiary/aromatic N) is 1. The van der Waals surface area contributed by atoms with Crippen molar-refractivity contribution < 1.29 is 5.11 Å². The fraction of sp³-hybridized carbons (Fsp3) is 0.583. The number of nitrogen functional groups attached to an aromatic ring is 1. The van der Waals surface area contributed by atoms with E-state index in [2.05, 4.69) is 4.98 Å². The molecule has 0 spiro atoms. The summed E-state index contributed by atoms with van der Waals surface area (Å²) in [5.41, 5.74) is 6.55. The summed E-state index contributed by atoms with van der Waals surface area (Å²) >= 11 is 0. The highest BCUT2D eigenvalue weighted by Crippen LogP contribution is 2.35. The van der Waals surface area contributed by atoms with Gasteiger partial charge in [0.15, 0.2) is 0 Å². The van der Waals surface area contributed by atoms with Crippen molar-refractivity contribution in [3.05, 3.63) is 23.9 Å². The molecule has 1 aromatic rings. The van der Waals surface area contributed by atoms with E-state index in [0.29, 0.717) is 11.7 Å². The van der Waals surface area contributed by atoms with Crippen molar-refractivity contribution in [2.75, 3.05) is 5.73 Å². The molecule has 3 N–H and O–H groups in total. The number of aliphatic hydroxyl groups is 1. The van der Waals surface area contributed by atoms with Crippen molar-refractivity contribution in [1.82, 2.24) is 4.98 Å². The number of aromatic nitrogens is 1. The Labute approximate surface area is 90.3 Å². The summed E-state index contributed by atoms with van der Waals surface area (Å²) in [5.74, 6) is 0.834. The van der Waals surface area contributed by atoms with Crippen molar-refractivity contribution in [3.63, 3.8) is 0 Å². The third kappa shape index (κ3) is 2.29. The van der Waals surface area contributed by atoms with E-state index in [1.165, 1.54) is 19.3 Å². The molecule has 1 heterocycles. The minimum absolute atomic E-state index is 0.366. The molecule has 15 heavy (non-hydrogen) atoms. The summed E-state index contributed by atoms with van der Waals surface area (Å²) in [5, 5.41) is 10.2. The summed E-state index contributed by atoms with van der Waals surface area (Å²) in [6.07, 6.45) is 7.19. The minimum Gasteiger partial charge on any atom is -0.388 e. The molecule has 1 unspecified atom stereocenters. The molecule has 1 saturated carbocycles. The first-order valence-electron chi connectivity index (χ1n) is 5.67. The molecule has 0 aromatic carbocycles. The molecular weight excluding hydrogens is 188 g/mol. The Morgan fingerprint density at radius 2 is 2.07 bits per heavy atom. The third-order valence-corrected chi connectivity index (χ3v) is 3.29. The van der Waals surface area contributed by atoms with Crippen LogP contribution in [0.3, 0.4) is 0 Å². The molecule has 0 aliphatic heterocycles. The maximum absolute atomic E-state index is 10.2. The van der Waals surface area contributed by atoms with Gasteiger partial charge < -0.3 is 10.8 Å². The maximum atomic E-state index is 10.2. The Balaban J connectivity index is 2.12. The van der Waals surface area contributed by atoms with Gasteiger partial charge in [-0.25, -0.2) is 4.98 Å². The molecule has 1 aromatic heterocycles. The van der Waals surface area contributed by atoms with Crippen LogP contribution >= 0.6 is 0 Å². The zero-order chi connectivity index (χ0) is 10.7. The molecule has 0 bridgehead atoms. The number of anilines is 1. The fourth-order valence-corrected chi connectivity index (χ4v) is 2.38. The van der Waals surface area contributed by atoms with Gasteiger partial charge >= 0.3 is 0 Å². The van der Waals surface area contributed by atoms with Crippen LogP contribution in [0.15, 0.2) is 18.3 Å². The minimum atomic E-state index is -0.431. The number of rotatable bonds is 2. The van der Waals surface area contributed by atoms with Crippen LogP contribution in [0.2, 0.25) is 0 Å². The van der Waals surface area contributed by atoms with Gasteiger partial charge in [0.25, 0.3) is 0 Å². The van der Waals surface area contributed by atoms with E-state index < -0.39 is 6.10 Å². The molecule has 1 fully saturated rings. The molecule has 1 atom stereocenters. The van der Waals surface area contributed by atoms with Gasteiger partial charge in [0.1, 0.15) is 5.82 Å². The predicted octanol–water partition coefficient (Wildman–Crippen LogP) is 2.28. The summed E-state index contributed by atoms with van der Waals surface area (Å²) in [4.78, 5) is 4.01. The molecule has 82 valence electrons. The Morgan fingerprint density at radius 3 is 2.73 bits per heavy atom. The van der Waals surface area contributed by atoms with Crippen LogP contribution in [-0.4, -0.2) is 10.1 Å². The fourth-order valence-electron chi connectivity index (χ4n) is 2.38. The lowest BCUT2D eigenvalue weighted by atomic mass is 9.83. The van der Waals surface area contributed by atoms with E-state index in [1.54, 1.807) is 6.20 Å². The smallest absolute Gasteiger partial charge is 0.129 e. The van der Waals surface area contributed by atoms with E-state index in [4.69, 9.17) is 5.73 Å². The zero-order valence-electron chi connectivity index (χ0n) is 8.89. The molecule has 0 saturated heterocycles. The van der Waals surface area contributed by atoms with Gasteiger partial charge in [-0.05, 0) is 24.8 Å². The molecule has 0 amide bonds. The van der Waals surface area contributed by atoms with E-state index in [-0.39, 0.29) is 0 Å². The summed E-state index contributed by atoms with van der Waals surface area (Å²) in [6.45, 7) is 0. The molecule has 0 radical (unpaired) electrons. The van der Waals surface area contributed by atoms with Crippen LogP contribution in [0, 0.1) is 5.92 Å². The maximum Gasteiger partial charge on any atom is 0.129 e. The SMILES string of the molecule is Nc1ncccc1C(O)C1CCCCC1. The Kier molecular flexibility index (Phi) is 3.21. The molecule has 3 nitrogen and oxygen atoms in total. The average Bonchev–Trinajstić information content (AvgIpc) is 2.30. The second-order valence-corrected chi connectivity index (χ2v) is 4.32. The van der Waals surface area contributed by atoms with Crippen molar-refractivity contribution >= 4 is 5.82 Å². The molecule has 2 rings (SSSR count). The second-order valence-electron chi connectivity index (χ2n) is 4.32. The van der Waals surface area contributed by atoms with E-state index >= 15 is 0 Å². The van der Waals surface area contributed by atoms with E-state index in [1.807, 2.05) is 12.1 Å². The highest BCUT2D eigenvalue weighted by Gasteiger charge is 2.24. The Hall–Kier alpha value is -1.09. The average molecular weight is 206 g/mol. The van der Waals surface area contributed by atoms with Crippen molar-refractivity contribution in [2.24, 2.45) is 5.92 Å². The van der Waals surface area contributed by atoms with Crippen LogP contribution < -0.4 is 5.73 Å². The third-order valence-electron chi connectivity index (χ3n) is 3.29. The number of hydrogen-bond donors (Lipinski definition) is 2. The van der Waals surface area contributed by atoms with Crippen LogP contribution in [0.25, 0.3) is 0 Å². The molecule has 1 aliphatic carbocycles. The first-order valence-corrected chi connectivity index (χ1v) is 5.67. The highest BCUT2D eigenvalue weighted by molar-refractivity contribution is 5.40. The molecule has 1 aliphatic rings. The highest BCUT2D eigenvalue weighted by atomic mass is 16.3. The van der Waals surface area contributed by atoms with Crippen molar-refractivity contribution in [1.29, 1.82) is 0 Å². The van der Waals surface area contributed by atoms with Gasteiger partial charge in [0.2, 0.25) is 0 Å². The van der Waals surface area contributed by atoms with E-state index in [0.717, 1.165) is 18.4 Å². The first-order chi connectivity index (χ1) is 7.29. The van der Waals surface area contributed by atoms with Crippen molar-refractivity contribution in [2.45, 2.75) is 38.2 Å². The first kappa shape index (κ1) is 10.4. The Morgan fingerprint density at radius 1 is 1.33 bits per heavy atom. The van der Waals surface area contributed by atoms with Crippen LogP contribution in [0.5, 0.6) is 0 Å². The second kappa shape index (κ2) is 4.62.